The second-order valence-electron chi connectivity index (χ2n) is 4.58. The van der Waals surface area contributed by atoms with Crippen LogP contribution in [-0.4, -0.2) is 39.6 Å². The molecule has 0 aliphatic rings. The molecule has 0 aliphatic carbocycles. The zero-order valence-electron chi connectivity index (χ0n) is 10.8. The van der Waals surface area contributed by atoms with Gasteiger partial charge in [-0.2, -0.15) is 0 Å². The average Bonchev–Trinajstić information content (AvgIpc) is 2.25. The maximum atomic E-state index is 11.5. The Labute approximate surface area is 107 Å². The molecule has 6 heteroatoms. The van der Waals surface area contributed by atoms with Gasteiger partial charge in [0.25, 0.3) is 0 Å². The number of thioether (sulfide) groups is 1. The van der Waals surface area contributed by atoms with Crippen molar-refractivity contribution in [1.29, 1.82) is 0 Å². The standard InChI is InChI=1S/C11H22N2O3S/c1-5-7(2)13-8(14)6-17-11(3,4)9(12)10(15)16/h7,9H,5-6,12H2,1-4H3,(H,13,14)(H,15,16)/t7?,9-/m0/s1. The van der Waals surface area contributed by atoms with Crippen LogP contribution in [0.5, 0.6) is 0 Å². The number of nitrogens with one attached hydrogen (secondary N) is 1. The Kier molecular flexibility index (Phi) is 6.56. The summed E-state index contributed by atoms with van der Waals surface area (Å²) in [5.41, 5.74) is 5.56. The molecule has 100 valence electrons. The van der Waals surface area contributed by atoms with Crippen LogP contribution in [0, 0.1) is 0 Å². The molecule has 0 heterocycles. The number of carbonyl (C=O) groups is 2. The van der Waals surface area contributed by atoms with Crippen LogP contribution in [0.3, 0.4) is 0 Å². The van der Waals surface area contributed by atoms with E-state index < -0.39 is 16.8 Å². The molecular formula is C11H22N2O3S. The van der Waals surface area contributed by atoms with Gasteiger partial charge in [0, 0.05) is 10.8 Å². The molecule has 17 heavy (non-hydrogen) atoms. The van der Waals surface area contributed by atoms with Gasteiger partial charge >= 0.3 is 5.97 Å². The number of carbonyl (C=O) groups excluding carboxylic acids is 1. The molecule has 5 nitrogen and oxygen atoms in total. The number of aliphatic carboxylic acids is 1. The molecular weight excluding hydrogens is 240 g/mol. The van der Waals surface area contributed by atoms with Crippen LogP contribution >= 0.6 is 11.8 Å². The highest BCUT2D eigenvalue weighted by Gasteiger charge is 2.33. The van der Waals surface area contributed by atoms with E-state index in [0.29, 0.717) is 0 Å². The van der Waals surface area contributed by atoms with Crippen molar-refractivity contribution >= 4 is 23.6 Å². The van der Waals surface area contributed by atoms with E-state index in [1.807, 2.05) is 13.8 Å². The van der Waals surface area contributed by atoms with Gasteiger partial charge in [0.05, 0.1) is 5.75 Å². The van der Waals surface area contributed by atoms with Crippen LogP contribution in [0.1, 0.15) is 34.1 Å². The number of carboxylic acids is 1. The van der Waals surface area contributed by atoms with Gasteiger partial charge in [0.2, 0.25) is 5.91 Å². The van der Waals surface area contributed by atoms with E-state index in [1.165, 1.54) is 11.8 Å². The summed E-state index contributed by atoms with van der Waals surface area (Å²) in [7, 11) is 0. The van der Waals surface area contributed by atoms with Crippen molar-refractivity contribution in [2.45, 2.75) is 50.9 Å². The van der Waals surface area contributed by atoms with Crippen molar-refractivity contribution in [2.24, 2.45) is 5.73 Å². The van der Waals surface area contributed by atoms with Crippen LogP contribution in [0.15, 0.2) is 0 Å². The van der Waals surface area contributed by atoms with E-state index in [2.05, 4.69) is 5.32 Å². The molecule has 0 saturated carbocycles. The predicted molar refractivity (Wildman–Crippen MR) is 70.0 cm³/mol. The fraction of sp³-hybridized carbons (Fsp3) is 0.818. The first-order chi connectivity index (χ1) is 7.70. The van der Waals surface area contributed by atoms with Gasteiger partial charge in [-0.1, -0.05) is 6.92 Å². The minimum absolute atomic E-state index is 0.0880. The lowest BCUT2D eigenvalue weighted by Gasteiger charge is -2.27. The fourth-order valence-corrected chi connectivity index (χ4v) is 1.92. The zero-order valence-corrected chi connectivity index (χ0v) is 11.6. The molecule has 0 aliphatic heterocycles. The topological polar surface area (TPSA) is 92.4 Å². The fourth-order valence-electron chi connectivity index (χ4n) is 1.06. The van der Waals surface area contributed by atoms with E-state index >= 15 is 0 Å². The largest absolute Gasteiger partial charge is 0.480 e. The molecule has 2 atom stereocenters. The number of hydrogen-bond donors (Lipinski definition) is 3. The van der Waals surface area contributed by atoms with Crippen molar-refractivity contribution in [1.82, 2.24) is 5.32 Å². The smallest absolute Gasteiger partial charge is 0.321 e. The Morgan fingerprint density at radius 3 is 2.41 bits per heavy atom. The van der Waals surface area contributed by atoms with E-state index in [0.717, 1.165) is 6.42 Å². The predicted octanol–water partition coefficient (Wildman–Crippen LogP) is 0.825. The minimum atomic E-state index is -1.05. The summed E-state index contributed by atoms with van der Waals surface area (Å²) in [6.07, 6.45) is 0.869. The van der Waals surface area contributed by atoms with Gasteiger partial charge in [-0.25, -0.2) is 0 Å². The lowest BCUT2D eigenvalue weighted by Crippen LogP contribution is -2.47. The number of amides is 1. The summed E-state index contributed by atoms with van der Waals surface area (Å²) >= 11 is 1.26. The SMILES string of the molecule is CCC(C)NC(=O)CSC(C)(C)[C@@H](N)C(=O)O. The van der Waals surface area contributed by atoms with Gasteiger partial charge in [0.15, 0.2) is 0 Å². The Hall–Kier alpha value is -0.750. The quantitative estimate of drug-likeness (QED) is 0.632. The molecule has 0 aromatic carbocycles. The number of hydrogen-bond acceptors (Lipinski definition) is 4. The lowest BCUT2D eigenvalue weighted by molar-refractivity contribution is -0.139. The molecule has 0 radical (unpaired) electrons. The monoisotopic (exact) mass is 262 g/mol. The molecule has 0 aromatic rings. The van der Waals surface area contributed by atoms with Crippen LogP contribution < -0.4 is 11.1 Å². The summed E-state index contributed by atoms with van der Waals surface area (Å²) in [6.45, 7) is 7.37. The summed E-state index contributed by atoms with van der Waals surface area (Å²) in [4.78, 5) is 22.3. The summed E-state index contributed by atoms with van der Waals surface area (Å²) in [5, 5.41) is 11.6. The van der Waals surface area contributed by atoms with E-state index in [4.69, 9.17) is 10.8 Å². The van der Waals surface area contributed by atoms with Crippen LogP contribution in [0.2, 0.25) is 0 Å². The Balaban J connectivity index is 4.18. The lowest BCUT2D eigenvalue weighted by atomic mass is 10.1. The third kappa shape index (κ3) is 5.93. The number of nitrogens with two attached hydrogens (primary N) is 1. The molecule has 0 bridgehead atoms. The number of carboxylic acid groups (broad SMARTS) is 1. The van der Waals surface area contributed by atoms with Gasteiger partial charge in [-0.3, -0.25) is 9.59 Å². The average molecular weight is 262 g/mol. The van der Waals surface area contributed by atoms with Gasteiger partial charge in [-0.05, 0) is 27.2 Å². The molecule has 0 spiro atoms. The van der Waals surface area contributed by atoms with Gasteiger partial charge in [0.1, 0.15) is 6.04 Å². The minimum Gasteiger partial charge on any atom is -0.480 e. The van der Waals surface area contributed by atoms with Gasteiger partial charge in [-0.15, -0.1) is 11.8 Å². The van der Waals surface area contributed by atoms with Crippen LogP contribution in [-0.2, 0) is 9.59 Å². The first-order valence-corrected chi connectivity index (χ1v) is 6.61. The highest BCUT2D eigenvalue weighted by molar-refractivity contribution is 8.01. The van der Waals surface area contributed by atoms with Gasteiger partial charge < -0.3 is 16.2 Å². The highest BCUT2D eigenvalue weighted by atomic mass is 32.2. The first kappa shape index (κ1) is 16.2. The highest BCUT2D eigenvalue weighted by Crippen LogP contribution is 2.27. The van der Waals surface area contributed by atoms with Crippen LogP contribution in [0.4, 0.5) is 0 Å². The Morgan fingerprint density at radius 1 is 1.47 bits per heavy atom. The molecule has 0 fully saturated rings. The normalized spacial score (nSPS) is 15.1. The van der Waals surface area contributed by atoms with Crippen molar-refractivity contribution in [2.75, 3.05) is 5.75 Å². The third-order valence-corrected chi connectivity index (χ3v) is 4.01. The first-order valence-electron chi connectivity index (χ1n) is 5.62. The Morgan fingerprint density at radius 2 is 2.00 bits per heavy atom. The second-order valence-corrected chi connectivity index (χ2v) is 6.21. The van der Waals surface area contributed by atoms with Crippen molar-refractivity contribution in [3.05, 3.63) is 0 Å². The summed E-state index contributed by atoms with van der Waals surface area (Å²) in [5.74, 6) is -0.918. The van der Waals surface area contributed by atoms with Crippen molar-refractivity contribution in [3.63, 3.8) is 0 Å². The van der Waals surface area contributed by atoms with E-state index in [-0.39, 0.29) is 17.7 Å². The maximum Gasteiger partial charge on any atom is 0.321 e. The molecule has 1 unspecified atom stereocenters. The van der Waals surface area contributed by atoms with Crippen molar-refractivity contribution < 1.29 is 14.7 Å². The molecule has 0 aromatic heterocycles. The van der Waals surface area contributed by atoms with Crippen LogP contribution in [0.25, 0.3) is 0 Å². The molecule has 1 amide bonds. The summed E-state index contributed by atoms with van der Waals surface area (Å²) < 4.78 is -0.668. The molecule has 0 rings (SSSR count). The van der Waals surface area contributed by atoms with E-state index in [9.17, 15) is 9.59 Å². The summed E-state index contributed by atoms with van der Waals surface area (Å²) in [6, 6.07) is -0.844. The maximum absolute atomic E-state index is 11.5. The number of rotatable bonds is 7. The Bertz CT molecular complexity index is 282. The zero-order chi connectivity index (χ0) is 13.6. The molecule has 0 saturated heterocycles. The van der Waals surface area contributed by atoms with Crippen molar-refractivity contribution in [3.8, 4) is 0 Å². The molecule has 4 N–H and O–H groups in total. The third-order valence-electron chi connectivity index (χ3n) is 2.61. The van der Waals surface area contributed by atoms with E-state index in [1.54, 1.807) is 13.8 Å². The second kappa shape index (κ2) is 6.86.